The normalized spacial score (nSPS) is 24.5. The van der Waals surface area contributed by atoms with E-state index in [2.05, 4.69) is 5.32 Å². The molecule has 22 heavy (non-hydrogen) atoms. The third-order valence-corrected chi connectivity index (χ3v) is 4.59. The van der Waals surface area contributed by atoms with Crippen molar-refractivity contribution < 1.29 is 19.4 Å². The summed E-state index contributed by atoms with van der Waals surface area (Å²) in [4.78, 5) is 23.7. The highest BCUT2D eigenvalue weighted by atomic mass is 16.5. The van der Waals surface area contributed by atoms with Gasteiger partial charge in [-0.3, -0.25) is 4.79 Å². The molecule has 1 amide bonds. The Morgan fingerprint density at radius 2 is 2.05 bits per heavy atom. The lowest BCUT2D eigenvalue weighted by atomic mass is 9.68. The molecule has 120 valence electrons. The van der Waals surface area contributed by atoms with Gasteiger partial charge in [0.15, 0.2) is 0 Å². The van der Waals surface area contributed by atoms with Crippen LogP contribution in [0.1, 0.15) is 44.6 Å². The van der Waals surface area contributed by atoms with Crippen LogP contribution in [-0.4, -0.2) is 23.2 Å². The number of ether oxygens (including phenoxy) is 1. The topological polar surface area (TPSA) is 75.6 Å². The van der Waals surface area contributed by atoms with Gasteiger partial charge in [0.2, 0.25) is 0 Å². The van der Waals surface area contributed by atoms with Crippen LogP contribution in [-0.2, 0) is 16.1 Å². The molecule has 2 rings (SSSR count). The minimum Gasteiger partial charge on any atom is -0.481 e. The Balaban J connectivity index is 1.95. The van der Waals surface area contributed by atoms with Crippen LogP contribution in [0.15, 0.2) is 30.3 Å². The zero-order valence-electron chi connectivity index (χ0n) is 12.9. The molecule has 0 bridgehead atoms. The van der Waals surface area contributed by atoms with E-state index in [-0.39, 0.29) is 12.6 Å². The lowest BCUT2D eigenvalue weighted by molar-refractivity contribution is -0.153. The van der Waals surface area contributed by atoms with Crippen molar-refractivity contribution in [3.8, 4) is 0 Å². The molecule has 5 nitrogen and oxygen atoms in total. The fourth-order valence-electron chi connectivity index (χ4n) is 3.19. The van der Waals surface area contributed by atoms with E-state index < -0.39 is 17.5 Å². The summed E-state index contributed by atoms with van der Waals surface area (Å²) in [6.45, 7) is 2.05. The van der Waals surface area contributed by atoms with Gasteiger partial charge in [0.05, 0.1) is 5.41 Å². The third-order valence-electron chi connectivity index (χ3n) is 4.59. The summed E-state index contributed by atoms with van der Waals surface area (Å²) in [7, 11) is 0. The Hall–Kier alpha value is -2.04. The average Bonchev–Trinajstić information content (AvgIpc) is 2.54. The van der Waals surface area contributed by atoms with Crippen molar-refractivity contribution in [2.45, 2.75) is 51.7 Å². The number of hydrogen-bond donors (Lipinski definition) is 2. The van der Waals surface area contributed by atoms with E-state index in [0.29, 0.717) is 19.3 Å². The fraction of sp³-hybridized carbons (Fsp3) is 0.529. The maximum atomic E-state index is 12.0. The monoisotopic (exact) mass is 305 g/mol. The molecule has 2 N–H and O–H groups in total. The number of hydrogen-bond acceptors (Lipinski definition) is 3. The number of carboxylic acids is 1. The second-order valence-electron chi connectivity index (χ2n) is 5.82. The van der Waals surface area contributed by atoms with Gasteiger partial charge in [-0.15, -0.1) is 0 Å². The summed E-state index contributed by atoms with van der Waals surface area (Å²) in [5.41, 5.74) is 0.0330. The van der Waals surface area contributed by atoms with E-state index in [9.17, 15) is 14.7 Å². The van der Waals surface area contributed by atoms with Gasteiger partial charge in [0.1, 0.15) is 6.61 Å². The molecule has 0 aromatic heterocycles. The number of carbonyl (C=O) groups excluding carboxylic acids is 1. The van der Waals surface area contributed by atoms with Crippen LogP contribution in [0.3, 0.4) is 0 Å². The lowest BCUT2D eigenvalue weighted by Gasteiger charge is -2.40. The summed E-state index contributed by atoms with van der Waals surface area (Å²) < 4.78 is 5.21. The number of nitrogens with one attached hydrogen (secondary N) is 1. The molecular formula is C17H23NO4. The molecule has 0 saturated heterocycles. The van der Waals surface area contributed by atoms with Gasteiger partial charge < -0.3 is 15.2 Å². The summed E-state index contributed by atoms with van der Waals surface area (Å²) in [5.74, 6) is -0.831. The molecule has 5 heteroatoms. The van der Waals surface area contributed by atoms with Gasteiger partial charge in [-0.05, 0) is 24.8 Å². The lowest BCUT2D eigenvalue weighted by Crippen LogP contribution is -2.53. The molecule has 0 aliphatic heterocycles. The van der Waals surface area contributed by atoms with Crippen molar-refractivity contribution in [2.75, 3.05) is 0 Å². The second-order valence-corrected chi connectivity index (χ2v) is 5.82. The molecule has 2 atom stereocenters. The molecule has 0 radical (unpaired) electrons. The fourth-order valence-corrected chi connectivity index (χ4v) is 3.19. The second kappa shape index (κ2) is 7.29. The molecule has 1 saturated carbocycles. The molecule has 2 unspecified atom stereocenters. The summed E-state index contributed by atoms with van der Waals surface area (Å²) in [6, 6.07) is 9.04. The Morgan fingerprint density at radius 1 is 1.32 bits per heavy atom. The van der Waals surface area contributed by atoms with Gasteiger partial charge in [-0.2, -0.15) is 0 Å². The predicted molar refractivity (Wildman–Crippen MR) is 82.4 cm³/mol. The van der Waals surface area contributed by atoms with Crippen LogP contribution in [0.4, 0.5) is 4.79 Å². The van der Waals surface area contributed by atoms with Gasteiger partial charge in [-0.25, -0.2) is 4.79 Å². The number of amides is 1. The van der Waals surface area contributed by atoms with E-state index in [1.165, 1.54) is 0 Å². The Morgan fingerprint density at radius 3 is 2.68 bits per heavy atom. The van der Waals surface area contributed by atoms with Gasteiger partial charge in [-0.1, -0.05) is 50.1 Å². The largest absolute Gasteiger partial charge is 0.481 e. The van der Waals surface area contributed by atoms with Crippen molar-refractivity contribution in [1.82, 2.24) is 5.32 Å². The number of benzene rings is 1. The smallest absolute Gasteiger partial charge is 0.407 e. The molecule has 1 fully saturated rings. The third kappa shape index (κ3) is 3.59. The maximum Gasteiger partial charge on any atom is 0.407 e. The molecular weight excluding hydrogens is 282 g/mol. The van der Waals surface area contributed by atoms with E-state index in [0.717, 1.165) is 18.4 Å². The zero-order chi connectivity index (χ0) is 16.0. The quantitative estimate of drug-likeness (QED) is 0.875. The van der Waals surface area contributed by atoms with E-state index in [4.69, 9.17) is 4.74 Å². The zero-order valence-corrected chi connectivity index (χ0v) is 12.9. The first kappa shape index (κ1) is 16.3. The Bertz CT molecular complexity index is 517. The Kier molecular flexibility index (Phi) is 5.41. The summed E-state index contributed by atoms with van der Waals surface area (Å²) in [6.07, 6.45) is 3.06. The van der Waals surface area contributed by atoms with Gasteiger partial charge >= 0.3 is 12.1 Å². The summed E-state index contributed by atoms with van der Waals surface area (Å²) in [5, 5.41) is 12.4. The van der Waals surface area contributed by atoms with Crippen LogP contribution >= 0.6 is 0 Å². The molecule has 1 aromatic rings. The average molecular weight is 305 g/mol. The predicted octanol–water partition coefficient (Wildman–Crippen LogP) is 3.34. The van der Waals surface area contributed by atoms with Crippen LogP contribution in [0.25, 0.3) is 0 Å². The van der Waals surface area contributed by atoms with E-state index in [1.54, 1.807) is 0 Å². The molecule has 1 aliphatic rings. The molecule has 1 aromatic carbocycles. The summed E-state index contributed by atoms with van der Waals surface area (Å²) >= 11 is 0. The van der Waals surface area contributed by atoms with Crippen molar-refractivity contribution in [3.05, 3.63) is 35.9 Å². The first-order valence-electron chi connectivity index (χ1n) is 7.79. The number of carbonyl (C=O) groups is 2. The van der Waals surface area contributed by atoms with Crippen LogP contribution in [0.2, 0.25) is 0 Å². The van der Waals surface area contributed by atoms with Crippen molar-refractivity contribution >= 4 is 12.1 Å². The maximum absolute atomic E-state index is 12.0. The standard InChI is InChI=1S/C17H23NO4/c1-2-17(15(19)20)11-7-6-10-14(17)18-16(21)22-12-13-8-4-3-5-9-13/h3-5,8-9,14H,2,6-7,10-12H2,1H3,(H,18,21)(H,19,20). The van der Waals surface area contributed by atoms with Crippen molar-refractivity contribution in [1.29, 1.82) is 0 Å². The highest BCUT2D eigenvalue weighted by Gasteiger charge is 2.46. The number of aliphatic carboxylic acids is 1. The van der Waals surface area contributed by atoms with E-state index >= 15 is 0 Å². The molecule has 0 spiro atoms. The minimum absolute atomic E-state index is 0.186. The van der Waals surface area contributed by atoms with Crippen molar-refractivity contribution in [2.24, 2.45) is 5.41 Å². The highest BCUT2D eigenvalue weighted by molar-refractivity contribution is 5.77. The SMILES string of the molecule is CCC1(C(=O)O)CCCCC1NC(=O)OCc1ccccc1. The first-order chi connectivity index (χ1) is 10.6. The Labute approximate surface area is 130 Å². The van der Waals surface area contributed by atoms with Gasteiger partial charge in [0, 0.05) is 6.04 Å². The molecule has 1 aliphatic carbocycles. The van der Waals surface area contributed by atoms with Crippen LogP contribution in [0, 0.1) is 5.41 Å². The number of rotatable bonds is 5. The van der Waals surface area contributed by atoms with Crippen molar-refractivity contribution in [3.63, 3.8) is 0 Å². The number of alkyl carbamates (subject to hydrolysis) is 1. The first-order valence-corrected chi connectivity index (χ1v) is 7.79. The molecule has 0 heterocycles. The van der Waals surface area contributed by atoms with Gasteiger partial charge in [0.25, 0.3) is 0 Å². The van der Waals surface area contributed by atoms with Crippen LogP contribution in [0.5, 0.6) is 0 Å². The minimum atomic E-state index is -0.871. The number of carboxylic acid groups (broad SMARTS) is 1. The van der Waals surface area contributed by atoms with E-state index in [1.807, 2.05) is 37.3 Å². The van der Waals surface area contributed by atoms with Crippen LogP contribution < -0.4 is 5.32 Å². The highest BCUT2D eigenvalue weighted by Crippen LogP contribution is 2.39.